The molecule has 0 fully saturated rings. The van der Waals surface area contributed by atoms with E-state index in [-0.39, 0.29) is 5.69 Å². The van der Waals surface area contributed by atoms with Crippen molar-refractivity contribution in [2.75, 3.05) is 5.43 Å². The Morgan fingerprint density at radius 1 is 1.21 bits per heavy atom. The highest BCUT2D eigenvalue weighted by Crippen LogP contribution is 2.32. The third kappa shape index (κ3) is 3.74. The molecule has 0 spiro atoms. The van der Waals surface area contributed by atoms with Crippen molar-refractivity contribution < 1.29 is 18.0 Å². The molecule has 0 saturated heterocycles. The van der Waals surface area contributed by atoms with E-state index < -0.39 is 23.2 Å². The van der Waals surface area contributed by atoms with E-state index >= 15 is 0 Å². The number of hydrazone groups is 1. The lowest BCUT2D eigenvalue weighted by Crippen LogP contribution is -2.14. The van der Waals surface area contributed by atoms with Crippen molar-refractivity contribution in [2.45, 2.75) is 13.1 Å². The minimum absolute atomic E-state index is 0.0331. The van der Waals surface area contributed by atoms with Crippen LogP contribution in [0.3, 0.4) is 0 Å². The third-order valence-corrected chi connectivity index (χ3v) is 4.16. The molecule has 0 aliphatic rings. The van der Waals surface area contributed by atoms with Crippen molar-refractivity contribution in [3.63, 3.8) is 0 Å². The van der Waals surface area contributed by atoms with Crippen molar-refractivity contribution in [1.82, 2.24) is 4.57 Å². The fourth-order valence-corrected chi connectivity index (χ4v) is 2.91. The zero-order chi connectivity index (χ0) is 20.5. The van der Waals surface area contributed by atoms with Crippen LogP contribution in [0.25, 0.3) is 10.9 Å². The first-order valence-corrected chi connectivity index (χ1v) is 8.22. The van der Waals surface area contributed by atoms with Gasteiger partial charge in [0.2, 0.25) is 11.5 Å². The van der Waals surface area contributed by atoms with Gasteiger partial charge in [0.1, 0.15) is 6.07 Å². The average molecular weight is 384 g/mol. The van der Waals surface area contributed by atoms with Crippen LogP contribution in [0.2, 0.25) is 0 Å². The van der Waals surface area contributed by atoms with Crippen LogP contribution in [-0.4, -0.2) is 16.1 Å². The van der Waals surface area contributed by atoms with Gasteiger partial charge in [0.15, 0.2) is 0 Å². The Hall–Kier alpha value is -3.60. The van der Waals surface area contributed by atoms with E-state index in [1.807, 2.05) is 12.1 Å². The number of aromatic nitrogens is 1. The topological polar surface area (TPSA) is 70.2 Å². The van der Waals surface area contributed by atoms with Crippen LogP contribution in [0.1, 0.15) is 21.5 Å². The van der Waals surface area contributed by atoms with Gasteiger partial charge in [-0.25, -0.2) is 0 Å². The zero-order valence-electron chi connectivity index (χ0n) is 15.0. The summed E-state index contributed by atoms with van der Waals surface area (Å²) < 4.78 is 40.6. The molecule has 0 radical (unpaired) electrons. The fraction of sp³-hybridized carbons (Fsp3) is 0.150. The van der Waals surface area contributed by atoms with E-state index in [2.05, 4.69) is 10.5 Å². The Balaban J connectivity index is 1.94. The van der Waals surface area contributed by atoms with E-state index in [4.69, 9.17) is 0 Å². The van der Waals surface area contributed by atoms with E-state index in [1.54, 1.807) is 36.0 Å². The highest BCUT2D eigenvalue weighted by atomic mass is 19.4. The second-order valence-electron chi connectivity index (χ2n) is 6.27. The zero-order valence-corrected chi connectivity index (χ0v) is 15.0. The molecule has 0 atom stereocenters. The molecule has 142 valence electrons. The van der Waals surface area contributed by atoms with Crippen LogP contribution >= 0.6 is 0 Å². The van der Waals surface area contributed by atoms with Gasteiger partial charge in [0.25, 0.3) is 0 Å². The molecule has 0 bridgehead atoms. The van der Waals surface area contributed by atoms with Gasteiger partial charge in [-0.3, -0.25) is 10.2 Å². The van der Waals surface area contributed by atoms with Crippen molar-refractivity contribution >= 4 is 28.1 Å². The summed E-state index contributed by atoms with van der Waals surface area (Å²) in [7, 11) is 1.77. The maximum absolute atomic E-state index is 12.9. The van der Waals surface area contributed by atoms with Gasteiger partial charge in [0.05, 0.1) is 16.8 Å². The molecule has 1 N–H and O–H groups in total. The van der Waals surface area contributed by atoms with Crippen LogP contribution in [0.15, 0.2) is 53.8 Å². The molecule has 0 unspecified atom stereocenters. The summed E-state index contributed by atoms with van der Waals surface area (Å²) in [5.74, 6) is -0.615. The number of hydrogen-bond donors (Lipinski definition) is 1. The standard InChI is InChI=1S/C20H15F3N4O/c1-12-7-13(20(21,22)23)9-14(8-12)25-26-17(10-24)19(28)16-11-27(2)18-6-4-3-5-15(16)18/h3-9,11,25H,1-2H3/b26-17+. The second-order valence-corrected chi connectivity index (χ2v) is 6.27. The molecule has 0 aliphatic carbocycles. The number of nitrogens with one attached hydrogen (secondary N) is 1. The highest BCUT2D eigenvalue weighted by Gasteiger charge is 2.31. The maximum Gasteiger partial charge on any atom is 0.416 e. The Kier molecular flexibility index (Phi) is 4.92. The van der Waals surface area contributed by atoms with Gasteiger partial charge in [-0.2, -0.15) is 23.5 Å². The minimum atomic E-state index is -4.51. The number of nitrogens with zero attached hydrogens (tertiary/aromatic N) is 3. The Labute approximate surface area is 158 Å². The predicted octanol–water partition coefficient (Wildman–Crippen LogP) is 4.68. The number of anilines is 1. The molecule has 1 aromatic heterocycles. The normalized spacial score (nSPS) is 12.1. The number of halogens is 3. The molecular weight excluding hydrogens is 369 g/mol. The minimum Gasteiger partial charge on any atom is -0.350 e. The lowest BCUT2D eigenvalue weighted by atomic mass is 10.1. The summed E-state index contributed by atoms with van der Waals surface area (Å²) in [6.45, 7) is 1.51. The number of rotatable bonds is 4. The van der Waals surface area contributed by atoms with Crippen molar-refractivity contribution in [1.29, 1.82) is 5.26 Å². The van der Waals surface area contributed by atoms with Gasteiger partial charge in [-0.1, -0.05) is 18.2 Å². The predicted molar refractivity (Wildman–Crippen MR) is 100 cm³/mol. The SMILES string of the molecule is Cc1cc(N/N=C(\C#N)C(=O)c2cn(C)c3ccccc23)cc(C(F)(F)F)c1. The number of hydrogen-bond acceptors (Lipinski definition) is 4. The van der Waals surface area contributed by atoms with Crippen LogP contribution in [0.5, 0.6) is 0 Å². The number of benzene rings is 2. The molecule has 1 heterocycles. The average Bonchev–Trinajstić information content (AvgIpc) is 2.98. The number of fused-ring (bicyclic) bond motifs is 1. The van der Waals surface area contributed by atoms with E-state index in [1.165, 1.54) is 13.0 Å². The first-order valence-electron chi connectivity index (χ1n) is 8.22. The smallest absolute Gasteiger partial charge is 0.350 e. The van der Waals surface area contributed by atoms with Crippen molar-refractivity contribution in [3.8, 4) is 6.07 Å². The Morgan fingerprint density at radius 2 is 1.93 bits per heavy atom. The number of para-hydroxylation sites is 1. The molecule has 3 aromatic rings. The number of nitriles is 1. The second kappa shape index (κ2) is 7.19. The number of alkyl halides is 3. The van der Waals surface area contributed by atoms with Crippen LogP contribution in [0, 0.1) is 18.3 Å². The lowest BCUT2D eigenvalue weighted by Gasteiger charge is -2.10. The van der Waals surface area contributed by atoms with E-state index in [0.29, 0.717) is 16.5 Å². The number of Topliss-reactive ketones (excluding diaryl/α,β-unsaturated/α-hetero) is 1. The molecular formula is C20H15F3N4O. The van der Waals surface area contributed by atoms with E-state index in [9.17, 15) is 23.2 Å². The number of carbonyl (C=O) groups is 1. The van der Waals surface area contributed by atoms with Gasteiger partial charge in [-0.05, 0) is 36.8 Å². The lowest BCUT2D eigenvalue weighted by molar-refractivity contribution is -0.137. The van der Waals surface area contributed by atoms with Crippen molar-refractivity contribution in [3.05, 3.63) is 65.4 Å². The summed E-state index contributed by atoms with van der Waals surface area (Å²) in [6.07, 6.45) is -2.92. The molecule has 3 rings (SSSR count). The Bertz CT molecular complexity index is 1140. The highest BCUT2D eigenvalue weighted by molar-refractivity contribution is 6.52. The summed E-state index contributed by atoms with van der Waals surface area (Å²) in [4.78, 5) is 12.7. The summed E-state index contributed by atoms with van der Waals surface area (Å²) in [5, 5.41) is 13.7. The molecule has 0 amide bonds. The molecule has 2 aromatic carbocycles. The first-order chi connectivity index (χ1) is 13.2. The van der Waals surface area contributed by atoms with Gasteiger partial charge < -0.3 is 4.57 Å². The van der Waals surface area contributed by atoms with Gasteiger partial charge in [0, 0.05) is 24.1 Å². The summed E-state index contributed by atoms with van der Waals surface area (Å²) >= 11 is 0. The van der Waals surface area contributed by atoms with Gasteiger partial charge in [-0.15, -0.1) is 0 Å². The van der Waals surface area contributed by atoms with Crippen molar-refractivity contribution in [2.24, 2.45) is 12.1 Å². The Morgan fingerprint density at radius 3 is 2.61 bits per heavy atom. The number of carbonyl (C=O) groups excluding carboxylic acids is 1. The molecule has 8 heteroatoms. The molecule has 5 nitrogen and oxygen atoms in total. The van der Waals surface area contributed by atoms with Crippen LogP contribution in [-0.2, 0) is 13.2 Å². The molecule has 28 heavy (non-hydrogen) atoms. The summed E-state index contributed by atoms with van der Waals surface area (Å²) in [5.41, 5.74) is 2.60. The number of aryl methyl sites for hydroxylation is 2. The van der Waals surface area contributed by atoms with Crippen LogP contribution in [0.4, 0.5) is 18.9 Å². The number of ketones is 1. The monoisotopic (exact) mass is 384 g/mol. The third-order valence-electron chi connectivity index (χ3n) is 4.16. The molecule has 0 saturated carbocycles. The quantitative estimate of drug-likeness (QED) is 0.403. The summed E-state index contributed by atoms with van der Waals surface area (Å²) in [6, 6.07) is 12.2. The largest absolute Gasteiger partial charge is 0.416 e. The van der Waals surface area contributed by atoms with E-state index in [0.717, 1.165) is 17.6 Å². The van der Waals surface area contributed by atoms with Crippen LogP contribution < -0.4 is 5.43 Å². The van der Waals surface area contributed by atoms with Gasteiger partial charge >= 0.3 is 6.18 Å². The molecule has 0 aliphatic heterocycles. The maximum atomic E-state index is 12.9. The fourth-order valence-electron chi connectivity index (χ4n) is 2.91. The first kappa shape index (κ1) is 19.2.